The van der Waals surface area contributed by atoms with Gasteiger partial charge in [0.25, 0.3) is 0 Å². The normalized spacial score (nSPS) is 33.2. The predicted molar refractivity (Wildman–Crippen MR) is 83.4 cm³/mol. The van der Waals surface area contributed by atoms with E-state index >= 15 is 0 Å². The van der Waals surface area contributed by atoms with Crippen LogP contribution in [0.2, 0.25) is 0 Å². The number of rotatable bonds is 5. The van der Waals surface area contributed by atoms with Crippen molar-refractivity contribution in [3.63, 3.8) is 0 Å². The summed E-state index contributed by atoms with van der Waals surface area (Å²) in [6.07, 6.45) is 5.67. The average Bonchev–Trinajstić information content (AvgIpc) is 2.34. The van der Waals surface area contributed by atoms with E-state index in [1.54, 1.807) is 0 Å². The van der Waals surface area contributed by atoms with Gasteiger partial charge in [-0.3, -0.25) is 4.90 Å². The Balaban J connectivity index is 2.03. The van der Waals surface area contributed by atoms with Crippen LogP contribution in [0.4, 0.5) is 0 Å². The zero-order valence-electron chi connectivity index (χ0n) is 13.7. The van der Waals surface area contributed by atoms with Crippen molar-refractivity contribution in [1.29, 1.82) is 0 Å². The SMILES string of the molecule is CCC(C)C1CN(C(C)C2CCC2)C(C(C)C)CN1. The summed E-state index contributed by atoms with van der Waals surface area (Å²) < 4.78 is 0. The summed E-state index contributed by atoms with van der Waals surface area (Å²) in [6, 6.07) is 2.22. The van der Waals surface area contributed by atoms with Crippen LogP contribution in [0.1, 0.15) is 60.3 Å². The zero-order chi connectivity index (χ0) is 14.0. The lowest BCUT2D eigenvalue weighted by molar-refractivity contribution is 0.00959. The van der Waals surface area contributed by atoms with E-state index in [1.165, 1.54) is 38.8 Å². The number of hydrogen-bond donors (Lipinski definition) is 1. The Hall–Kier alpha value is -0.0800. The number of hydrogen-bond acceptors (Lipinski definition) is 2. The smallest absolute Gasteiger partial charge is 0.0247 e. The predicted octanol–water partition coefficient (Wildman–Crippen LogP) is 3.52. The van der Waals surface area contributed by atoms with Crippen LogP contribution in [0, 0.1) is 17.8 Å². The molecule has 0 bridgehead atoms. The van der Waals surface area contributed by atoms with Crippen molar-refractivity contribution in [2.45, 2.75) is 78.4 Å². The maximum absolute atomic E-state index is 3.82. The van der Waals surface area contributed by atoms with E-state index in [0.717, 1.165) is 29.8 Å². The molecule has 2 heteroatoms. The maximum Gasteiger partial charge on any atom is 0.0247 e. The minimum absolute atomic E-state index is 0.697. The Morgan fingerprint density at radius 3 is 2.32 bits per heavy atom. The van der Waals surface area contributed by atoms with Crippen LogP contribution in [0.5, 0.6) is 0 Å². The molecule has 1 saturated carbocycles. The van der Waals surface area contributed by atoms with Gasteiger partial charge in [0.15, 0.2) is 0 Å². The first-order valence-electron chi connectivity index (χ1n) is 8.53. The van der Waals surface area contributed by atoms with Crippen molar-refractivity contribution >= 4 is 0 Å². The molecular formula is C17H34N2. The van der Waals surface area contributed by atoms with Gasteiger partial charge in [0.1, 0.15) is 0 Å². The first-order valence-corrected chi connectivity index (χ1v) is 8.53. The first kappa shape index (κ1) is 15.3. The monoisotopic (exact) mass is 266 g/mol. The Kier molecular flexibility index (Phi) is 5.30. The van der Waals surface area contributed by atoms with Crippen LogP contribution >= 0.6 is 0 Å². The molecule has 19 heavy (non-hydrogen) atoms. The molecule has 112 valence electrons. The second-order valence-corrected chi connectivity index (χ2v) is 7.34. The molecule has 2 nitrogen and oxygen atoms in total. The van der Waals surface area contributed by atoms with E-state index in [4.69, 9.17) is 0 Å². The summed E-state index contributed by atoms with van der Waals surface area (Å²) in [4.78, 5) is 2.85. The van der Waals surface area contributed by atoms with Gasteiger partial charge in [-0.2, -0.15) is 0 Å². The van der Waals surface area contributed by atoms with Crippen LogP contribution in [-0.2, 0) is 0 Å². The summed E-state index contributed by atoms with van der Waals surface area (Å²) >= 11 is 0. The highest BCUT2D eigenvalue weighted by molar-refractivity contribution is 4.94. The second kappa shape index (κ2) is 6.58. The topological polar surface area (TPSA) is 15.3 Å². The highest BCUT2D eigenvalue weighted by Crippen LogP contribution is 2.34. The molecule has 0 aromatic heterocycles. The number of piperazine rings is 1. The fraction of sp³-hybridized carbons (Fsp3) is 1.00. The maximum atomic E-state index is 3.82. The lowest BCUT2D eigenvalue weighted by Crippen LogP contribution is -2.63. The Labute approximate surface area is 120 Å². The fourth-order valence-electron chi connectivity index (χ4n) is 3.76. The Morgan fingerprint density at radius 2 is 1.84 bits per heavy atom. The van der Waals surface area contributed by atoms with Gasteiger partial charge in [0.05, 0.1) is 0 Å². The van der Waals surface area contributed by atoms with Gasteiger partial charge in [-0.25, -0.2) is 0 Å². The fourth-order valence-corrected chi connectivity index (χ4v) is 3.76. The largest absolute Gasteiger partial charge is 0.311 e. The van der Waals surface area contributed by atoms with Gasteiger partial charge in [0.2, 0.25) is 0 Å². The average molecular weight is 266 g/mol. The number of nitrogens with zero attached hydrogens (tertiary/aromatic N) is 1. The van der Waals surface area contributed by atoms with Crippen molar-refractivity contribution < 1.29 is 0 Å². The van der Waals surface area contributed by atoms with Gasteiger partial charge < -0.3 is 5.32 Å². The highest BCUT2D eigenvalue weighted by atomic mass is 15.3. The molecule has 1 heterocycles. The van der Waals surface area contributed by atoms with Gasteiger partial charge in [0, 0.05) is 31.2 Å². The minimum atomic E-state index is 0.697. The summed E-state index contributed by atoms with van der Waals surface area (Å²) in [7, 11) is 0. The van der Waals surface area contributed by atoms with Crippen LogP contribution in [0.25, 0.3) is 0 Å². The standard InChI is InChI=1S/C17H34N2/c1-6-13(4)16-11-19(14(5)15-8-7-9-15)17(10-18-16)12(2)3/h12-18H,6-11H2,1-5H3. The highest BCUT2D eigenvalue weighted by Gasteiger charge is 2.38. The van der Waals surface area contributed by atoms with Crippen LogP contribution in [-0.4, -0.2) is 36.1 Å². The lowest BCUT2D eigenvalue weighted by atomic mass is 9.78. The van der Waals surface area contributed by atoms with E-state index in [9.17, 15) is 0 Å². The van der Waals surface area contributed by atoms with Crippen LogP contribution in [0.3, 0.4) is 0 Å². The van der Waals surface area contributed by atoms with E-state index in [-0.39, 0.29) is 0 Å². The Morgan fingerprint density at radius 1 is 1.16 bits per heavy atom. The molecule has 1 aliphatic carbocycles. The molecule has 4 unspecified atom stereocenters. The van der Waals surface area contributed by atoms with Crippen molar-refractivity contribution in [3.05, 3.63) is 0 Å². The Bertz CT molecular complexity index is 272. The van der Waals surface area contributed by atoms with Gasteiger partial charge in [-0.15, -0.1) is 0 Å². The summed E-state index contributed by atoms with van der Waals surface area (Å²) in [6.45, 7) is 14.4. The van der Waals surface area contributed by atoms with E-state index in [2.05, 4.69) is 44.8 Å². The van der Waals surface area contributed by atoms with E-state index in [0.29, 0.717) is 6.04 Å². The van der Waals surface area contributed by atoms with E-state index < -0.39 is 0 Å². The quantitative estimate of drug-likeness (QED) is 0.819. The molecule has 2 fully saturated rings. The number of nitrogens with one attached hydrogen (secondary N) is 1. The summed E-state index contributed by atoms with van der Waals surface area (Å²) in [5.74, 6) is 2.52. The molecule has 0 amide bonds. The first-order chi connectivity index (χ1) is 9.04. The third-order valence-electron chi connectivity index (χ3n) is 5.88. The molecule has 0 aromatic rings. The molecule has 4 atom stereocenters. The molecule has 1 aliphatic heterocycles. The van der Waals surface area contributed by atoms with Crippen LogP contribution in [0.15, 0.2) is 0 Å². The van der Waals surface area contributed by atoms with Crippen molar-refractivity contribution in [2.24, 2.45) is 17.8 Å². The second-order valence-electron chi connectivity index (χ2n) is 7.34. The van der Waals surface area contributed by atoms with Gasteiger partial charge >= 0.3 is 0 Å². The molecule has 2 rings (SSSR count). The molecule has 1 saturated heterocycles. The van der Waals surface area contributed by atoms with Crippen molar-refractivity contribution in [3.8, 4) is 0 Å². The zero-order valence-corrected chi connectivity index (χ0v) is 13.7. The van der Waals surface area contributed by atoms with Crippen LogP contribution < -0.4 is 5.32 Å². The molecule has 0 radical (unpaired) electrons. The van der Waals surface area contributed by atoms with Crippen molar-refractivity contribution in [2.75, 3.05) is 13.1 Å². The van der Waals surface area contributed by atoms with Crippen molar-refractivity contribution in [1.82, 2.24) is 10.2 Å². The molecule has 0 spiro atoms. The molecule has 1 N–H and O–H groups in total. The van der Waals surface area contributed by atoms with E-state index in [1.807, 2.05) is 0 Å². The van der Waals surface area contributed by atoms with Gasteiger partial charge in [-0.1, -0.05) is 40.5 Å². The summed E-state index contributed by atoms with van der Waals surface area (Å²) in [5.41, 5.74) is 0. The third-order valence-corrected chi connectivity index (χ3v) is 5.88. The molecule has 0 aromatic carbocycles. The third kappa shape index (κ3) is 3.33. The molecular weight excluding hydrogens is 232 g/mol. The van der Waals surface area contributed by atoms with Gasteiger partial charge in [-0.05, 0) is 37.5 Å². The minimum Gasteiger partial charge on any atom is -0.311 e. The molecule has 2 aliphatic rings. The lowest BCUT2D eigenvalue weighted by Gasteiger charge is -2.50. The summed E-state index contributed by atoms with van der Waals surface area (Å²) in [5, 5.41) is 3.82.